The minimum Gasteiger partial charge on any atom is -0.317 e. The number of nitrogens with one attached hydrogen (secondary N) is 1. The highest BCUT2D eigenvalue weighted by Crippen LogP contribution is 2.14. The van der Waals surface area contributed by atoms with Crippen LogP contribution in [-0.4, -0.2) is 25.1 Å². The summed E-state index contributed by atoms with van der Waals surface area (Å²) in [5.41, 5.74) is 1.23. The predicted octanol–water partition coefficient (Wildman–Crippen LogP) is 3.35. The maximum absolute atomic E-state index is 12.8. The van der Waals surface area contributed by atoms with Crippen LogP contribution in [0.15, 0.2) is 24.3 Å². The molecule has 1 aromatic carbocycles. The lowest BCUT2D eigenvalue weighted by atomic mass is 9.97. The molecule has 96 valence electrons. The molecule has 0 fully saturated rings. The number of halogens is 1. The van der Waals surface area contributed by atoms with Crippen LogP contribution in [0.1, 0.15) is 18.9 Å². The summed E-state index contributed by atoms with van der Waals surface area (Å²) in [5, 5.41) is 3.41. The van der Waals surface area contributed by atoms with E-state index in [1.54, 1.807) is 12.1 Å². The lowest BCUT2D eigenvalue weighted by molar-refractivity contribution is 0.470. The Bertz CT molecular complexity index is 292. The highest BCUT2D eigenvalue weighted by atomic mass is 32.2. The highest BCUT2D eigenvalue weighted by molar-refractivity contribution is 7.98. The van der Waals surface area contributed by atoms with E-state index in [4.69, 9.17) is 0 Å². The molecule has 0 saturated carbocycles. The maximum Gasteiger partial charge on any atom is 0.123 e. The molecule has 1 unspecified atom stereocenters. The lowest BCUT2D eigenvalue weighted by Gasteiger charge is -2.17. The van der Waals surface area contributed by atoms with Gasteiger partial charge in [-0.1, -0.05) is 19.1 Å². The third kappa shape index (κ3) is 6.08. The van der Waals surface area contributed by atoms with Gasteiger partial charge < -0.3 is 5.32 Å². The molecule has 0 aliphatic carbocycles. The van der Waals surface area contributed by atoms with Gasteiger partial charge >= 0.3 is 0 Å². The van der Waals surface area contributed by atoms with Gasteiger partial charge in [-0.25, -0.2) is 4.39 Å². The van der Waals surface area contributed by atoms with Crippen molar-refractivity contribution in [1.29, 1.82) is 0 Å². The van der Waals surface area contributed by atoms with Crippen LogP contribution in [0.25, 0.3) is 0 Å². The van der Waals surface area contributed by atoms with Crippen LogP contribution in [0.3, 0.4) is 0 Å². The molecule has 0 heterocycles. The standard InChI is InChI=1S/C14H22FNS/c1-3-16-11-13(8-9-17-2)10-12-4-6-14(15)7-5-12/h4-7,13,16H,3,8-11H2,1-2H3. The minimum atomic E-state index is -0.152. The zero-order valence-corrected chi connectivity index (χ0v) is 11.5. The Morgan fingerprint density at radius 1 is 1.29 bits per heavy atom. The highest BCUT2D eigenvalue weighted by Gasteiger charge is 2.09. The summed E-state index contributed by atoms with van der Waals surface area (Å²) in [7, 11) is 0. The van der Waals surface area contributed by atoms with Crippen molar-refractivity contribution in [2.75, 3.05) is 25.1 Å². The lowest BCUT2D eigenvalue weighted by Crippen LogP contribution is -2.24. The molecule has 17 heavy (non-hydrogen) atoms. The Morgan fingerprint density at radius 2 is 2.00 bits per heavy atom. The minimum absolute atomic E-state index is 0.152. The molecule has 0 aliphatic rings. The first kappa shape index (κ1) is 14.5. The summed E-state index contributed by atoms with van der Waals surface area (Å²) in [6.07, 6.45) is 4.39. The number of benzene rings is 1. The van der Waals surface area contributed by atoms with E-state index in [0.29, 0.717) is 5.92 Å². The van der Waals surface area contributed by atoms with Crippen molar-refractivity contribution in [3.05, 3.63) is 35.6 Å². The fourth-order valence-electron chi connectivity index (χ4n) is 1.86. The molecule has 0 spiro atoms. The smallest absolute Gasteiger partial charge is 0.123 e. The number of hydrogen-bond acceptors (Lipinski definition) is 2. The summed E-state index contributed by atoms with van der Waals surface area (Å²) in [6.45, 7) is 4.19. The van der Waals surface area contributed by atoms with Crippen LogP contribution in [-0.2, 0) is 6.42 Å². The first-order valence-corrected chi connectivity index (χ1v) is 7.59. The van der Waals surface area contributed by atoms with Gasteiger partial charge in [-0.2, -0.15) is 11.8 Å². The summed E-state index contributed by atoms with van der Waals surface area (Å²) in [4.78, 5) is 0. The molecular formula is C14H22FNS. The number of rotatable bonds is 8. The molecule has 0 bridgehead atoms. The number of thioether (sulfide) groups is 1. The molecule has 1 N–H and O–H groups in total. The van der Waals surface area contributed by atoms with Gasteiger partial charge in [0.05, 0.1) is 0 Å². The van der Waals surface area contributed by atoms with Gasteiger partial charge in [-0.05, 0) is 61.6 Å². The van der Waals surface area contributed by atoms with E-state index in [1.807, 2.05) is 23.9 Å². The molecule has 3 heteroatoms. The van der Waals surface area contributed by atoms with E-state index in [1.165, 1.54) is 17.7 Å². The Labute approximate surface area is 108 Å². The average Bonchev–Trinajstić information content (AvgIpc) is 2.35. The van der Waals surface area contributed by atoms with E-state index < -0.39 is 0 Å². The molecule has 0 aliphatic heterocycles. The Morgan fingerprint density at radius 3 is 2.59 bits per heavy atom. The second-order valence-corrected chi connectivity index (χ2v) is 5.27. The summed E-state index contributed by atoms with van der Waals surface area (Å²) >= 11 is 1.89. The Kier molecular flexibility index (Phi) is 7.29. The van der Waals surface area contributed by atoms with Crippen LogP contribution in [0.5, 0.6) is 0 Å². The van der Waals surface area contributed by atoms with E-state index in [2.05, 4.69) is 18.5 Å². The molecule has 1 nitrogen and oxygen atoms in total. The second kappa shape index (κ2) is 8.54. The van der Waals surface area contributed by atoms with Crippen molar-refractivity contribution < 1.29 is 4.39 Å². The van der Waals surface area contributed by atoms with Crippen molar-refractivity contribution in [3.63, 3.8) is 0 Å². The third-order valence-electron chi connectivity index (χ3n) is 2.85. The van der Waals surface area contributed by atoms with Crippen molar-refractivity contribution in [1.82, 2.24) is 5.32 Å². The van der Waals surface area contributed by atoms with Gasteiger partial charge in [0.25, 0.3) is 0 Å². The van der Waals surface area contributed by atoms with E-state index >= 15 is 0 Å². The maximum atomic E-state index is 12.8. The SMILES string of the molecule is CCNCC(CCSC)Cc1ccc(F)cc1. The summed E-state index contributed by atoms with van der Waals surface area (Å²) in [5.74, 6) is 1.69. The van der Waals surface area contributed by atoms with Crippen molar-refractivity contribution in [3.8, 4) is 0 Å². The molecule has 1 rings (SSSR count). The van der Waals surface area contributed by atoms with E-state index in [-0.39, 0.29) is 5.82 Å². The largest absolute Gasteiger partial charge is 0.317 e. The van der Waals surface area contributed by atoms with Crippen molar-refractivity contribution in [2.24, 2.45) is 5.92 Å². The first-order chi connectivity index (χ1) is 8.26. The Hall–Kier alpha value is -0.540. The molecule has 1 aromatic rings. The van der Waals surface area contributed by atoms with Gasteiger partial charge in [0.2, 0.25) is 0 Å². The molecular weight excluding hydrogens is 233 g/mol. The van der Waals surface area contributed by atoms with Crippen molar-refractivity contribution in [2.45, 2.75) is 19.8 Å². The van der Waals surface area contributed by atoms with Crippen LogP contribution < -0.4 is 5.32 Å². The number of hydrogen-bond donors (Lipinski definition) is 1. The van der Waals surface area contributed by atoms with Gasteiger partial charge in [0, 0.05) is 0 Å². The summed E-state index contributed by atoms with van der Waals surface area (Å²) < 4.78 is 12.8. The van der Waals surface area contributed by atoms with Crippen LogP contribution in [0.2, 0.25) is 0 Å². The van der Waals surface area contributed by atoms with E-state index in [0.717, 1.165) is 19.5 Å². The normalized spacial score (nSPS) is 12.6. The van der Waals surface area contributed by atoms with Crippen LogP contribution in [0, 0.1) is 11.7 Å². The Balaban J connectivity index is 2.48. The molecule has 0 saturated heterocycles. The molecule has 0 amide bonds. The fourth-order valence-corrected chi connectivity index (χ4v) is 2.43. The monoisotopic (exact) mass is 255 g/mol. The fraction of sp³-hybridized carbons (Fsp3) is 0.571. The van der Waals surface area contributed by atoms with Crippen LogP contribution in [0.4, 0.5) is 4.39 Å². The van der Waals surface area contributed by atoms with Gasteiger partial charge in [-0.15, -0.1) is 0 Å². The third-order valence-corrected chi connectivity index (χ3v) is 3.49. The van der Waals surface area contributed by atoms with Gasteiger partial charge in [-0.3, -0.25) is 0 Å². The summed E-state index contributed by atoms with van der Waals surface area (Å²) in [6, 6.07) is 6.89. The van der Waals surface area contributed by atoms with Crippen molar-refractivity contribution >= 4 is 11.8 Å². The quantitative estimate of drug-likeness (QED) is 0.764. The molecule has 1 atom stereocenters. The second-order valence-electron chi connectivity index (χ2n) is 4.29. The van der Waals surface area contributed by atoms with Crippen LogP contribution >= 0.6 is 11.8 Å². The average molecular weight is 255 g/mol. The topological polar surface area (TPSA) is 12.0 Å². The first-order valence-electron chi connectivity index (χ1n) is 6.20. The van der Waals surface area contributed by atoms with Gasteiger partial charge in [0.1, 0.15) is 5.82 Å². The van der Waals surface area contributed by atoms with Gasteiger partial charge in [0.15, 0.2) is 0 Å². The molecule has 0 radical (unpaired) electrons. The predicted molar refractivity (Wildman–Crippen MR) is 75.1 cm³/mol. The zero-order valence-electron chi connectivity index (χ0n) is 10.7. The zero-order chi connectivity index (χ0) is 12.5. The van der Waals surface area contributed by atoms with E-state index in [9.17, 15) is 4.39 Å². The molecule has 0 aromatic heterocycles.